The maximum atomic E-state index is 15.6. The minimum atomic E-state index is -0.517. The molecule has 2 aromatic carbocycles. The lowest BCUT2D eigenvalue weighted by Gasteiger charge is -2.26. The SMILES string of the molecule is C=CC(=O)N(C)C1CN(c2ncc3ncnc(Nc4ccc(Oc5ccc(NC)c(N=N)c5)c(C)c4F)c3n2)CC1C. The molecule has 1 amide bonds. The van der Waals surface area contributed by atoms with Gasteiger partial charge in [-0.05, 0) is 43.2 Å². The lowest BCUT2D eigenvalue weighted by Crippen LogP contribution is -2.40. The molecule has 216 valence electrons. The Morgan fingerprint density at radius 1 is 1.24 bits per heavy atom. The number of nitrogens with zero attached hydrogens (tertiary/aromatic N) is 7. The van der Waals surface area contributed by atoms with Gasteiger partial charge in [0.1, 0.15) is 34.5 Å². The first-order chi connectivity index (χ1) is 20.2. The number of amides is 1. The molecule has 4 aromatic rings. The van der Waals surface area contributed by atoms with Crippen molar-refractivity contribution in [2.24, 2.45) is 11.0 Å². The van der Waals surface area contributed by atoms with Gasteiger partial charge in [-0.25, -0.2) is 29.9 Å². The molecule has 13 heteroatoms. The van der Waals surface area contributed by atoms with Gasteiger partial charge in [-0.2, -0.15) is 5.11 Å². The number of ether oxygens (including phenoxy) is 1. The number of carbonyl (C=O) groups excluding carboxylic acids is 1. The average Bonchev–Trinajstić information content (AvgIpc) is 3.41. The molecule has 3 heterocycles. The largest absolute Gasteiger partial charge is 0.457 e. The van der Waals surface area contributed by atoms with Crippen LogP contribution < -0.4 is 20.3 Å². The third kappa shape index (κ3) is 5.40. The Bertz CT molecular complexity index is 1680. The van der Waals surface area contributed by atoms with E-state index >= 15 is 4.39 Å². The zero-order chi connectivity index (χ0) is 30.0. The van der Waals surface area contributed by atoms with E-state index in [9.17, 15) is 4.79 Å². The van der Waals surface area contributed by atoms with Crippen LogP contribution in [0.2, 0.25) is 0 Å². The van der Waals surface area contributed by atoms with E-state index < -0.39 is 5.82 Å². The number of hydrogen-bond acceptors (Lipinski definition) is 11. The summed E-state index contributed by atoms with van der Waals surface area (Å²) >= 11 is 0. The highest BCUT2D eigenvalue weighted by Gasteiger charge is 2.35. The van der Waals surface area contributed by atoms with E-state index in [1.807, 2.05) is 4.90 Å². The van der Waals surface area contributed by atoms with Crippen LogP contribution in [-0.4, -0.2) is 64.0 Å². The van der Waals surface area contributed by atoms with Crippen LogP contribution in [0.4, 0.5) is 33.2 Å². The lowest BCUT2D eigenvalue weighted by molar-refractivity contribution is -0.127. The summed E-state index contributed by atoms with van der Waals surface area (Å²) in [4.78, 5) is 33.7. The van der Waals surface area contributed by atoms with Gasteiger partial charge in [-0.15, -0.1) is 0 Å². The molecule has 12 nitrogen and oxygen atoms in total. The van der Waals surface area contributed by atoms with E-state index in [1.165, 1.54) is 12.4 Å². The highest BCUT2D eigenvalue weighted by Crippen LogP contribution is 2.36. The molecular weight excluding hydrogens is 539 g/mol. The molecule has 1 aliphatic rings. The number of fused-ring (bicyclic) bond motifs is 1. The van der Waals surface area contributed by atoms with E-state index in [0.29, 0.717) is 58.8 Å². The van der Waals surface area contributed by atoms with Crippen molar-refractivity contribution in [2.45, 2.75) is 19.9 Å². The van der Waals surface area contributed by atoms with E-state index in [1.54, 1.807) is 62.4 Å². The second-order valence-electron chi connectivity index (χ2n) is 10.0. The fraction of sp³-hybridized carbons (Fsp3) is 0.276. The van der Waals surface area contributed by atoms with Crippen LogP contribution in [-0.2, 0) is 4.79 Å². The molecule has 3 N–H and O–H groups in total. The minimum absolute atomic E-state index is 0.0218. The predicted molar refractivity (Wildman–Crippen MR) is 159 cm³/mol. The fourth-order valence-corrected chi connectivity index (χ4v) is 5.02. The first-order valence-corrected chi connectivity index (χ1v) is 13.3. The van der Waals surface area contributed by atoms with Gasteiger partial charge in [0.05, 0.1) is 23.6 Å². The van der Waals surface area contributed by atoms with Crippen molar-refractivity contribution in [1.29, 1.82) is 5.53 Å². The molecule has 2 atom stereocenters. The number of rotatable bonds is 9. The molecule has 42 heavy (non-hydrogen) atoms. The van der Waals surface area contributed by atoms with Crippen LogP contribution in [0.15, 0.2) is 60.6 Å². The van der Waals surface area contributed by atoms with Crippen LogP contribution in [0.25, 0.3) is 11.0 Å². The molecule has 0 aliphatic carbocycles. The van der Waals surface area contributed by atoms with E-state index in [0.717, 1.165) is 0 Å². The molecule has 0 spiro atoms. The summed E-state index contributed by atoms with van der Waals surface area (Å²) in [7, 11) is 3.50. The molecule has 1 fully saturated rings. The summed E-state index contributed by atoms with van der Waals surface area (Å²) in [5.41, 5.74) is 9.86. The van der Waals surface area contributed by atoms with Crippen LogP contribution >= 0.6 is 0 Å². The third-order valence-electron chi connectivity index (χ3n) is 7.42. The van der Waals surface area contributed by atoms with Gasteiger partial charge in [0, 0.05) is 38.8 Å². The van der Waals surface area contributed by atoms with Crippen LogP contribution in [0.5, 0.6) is 11.5 Å². The first kappa shape index (κ1) is 28.3. The number of halogens is 1. The van der Waals surface area contributed by atoms with E-state index in [-0.39, 0.29) is 29.1 Å². The zero-order valence-electron chi connectivity index (χ0n) is 23.7. The number of benzene rings is 2. The minimum Gasteiger partial charge on any atom is -0.457 e. The predicted octanol–water partition coefficient (Wildman–Crippen LogP) is 5.58. The maximum absolute atomic E-state index is 15.6. The number of aromatic nitrogens is 4. The van der Waals surface area contributed by atoms with Gasteiger partial charge in [0.2, 0.25) is 11.9 Å². The quantitative estimate of drug-likeness (QED) is 0.174. The molecule has 5 rings (SSSR count). The van der Waals surface area contributed by atoms with Crippen molar-refractivity contribution in [3.63, 3.8) is 0 Å². The summed E-state index contributed by atoms with van der Waals surface area (Å²) in [6.45, 7) is 8.50. The van der Waals surface area contributed by atoms with Gasteiger partial charge in [-0.3, -0.25) is 4.79 Å². The maximum Gasteiger partial charge on any atom is 0.246 e. The molecule has 2 aromatic heterocycles. The standard InChI is InChI=1S/C29H31FN10O2/c1-6-25(41)39(5)23-14-40(13-16(23)2)29-33-12-22-27(37-29)28(35-15-34-22)36-20-9-10-24(17(3)26(20)30)42-18-7-8-19(32-4)21(11-18)38-31/h6-12,15-16,23,31-32H,1,13-14H2,2-5H3,(H,34,35,36). The van der Waals surface area contributed by atoms with Crippen molar-refractivity contribution >= 4 is 45.8 Å². The number of hydrogen-bond donors (Lipinski definition) is 3. The normalized spacial score (nSPS) is 16.3. The van der Waals surface area contributed by atoms with Crippen molar-refractivity contribution < 1.29 is 13.9 Å². The highest BCUT2D eigenvalue weighted by molar-refractivity contribution is 5.88. The molecule has 0 radical (unpaired) electrons. The van der Waals surface area contributed by atoms with Crippen LogP contribution in [0.3, 0.4) is 0 Å². The topological polar surface area (TPSA) is 145 Å². The van der Waals surface area contributed by atoms with Crippen LogP contribution in [0.1, 0.15) is 12.5 Å². The van der Waals surface area contributed by atoms with Gasteiger partial charge in [0.15, 0.2) is 11.6 Å². The van der Waals surface area contributed by atoms with E-state index in [4.69, 9.17) is 15.3 Å². The fourth-order valence-electron chi connectivity index (χ4n) is 5.02. The zero-order valence-corrected chi connectivity index (χ0v) is 23.7. The van der Waals surface area contributed by atoms with Gasteiger partial charge >= 0.3 is 0 Å². The van der Waals surface area contributed by atoms with E-state index in [2.05, 4.69) is 44.2 Å². The smallest absolute Gasteiger partial charge is 0.246 e. The Morgan fingerprint density at radius 2 is 2.02 bits per heavy atom. The number of anilines is 4. The van der Waals surface area contributed by atoms with Crippen molar-refractivity contribution in [3.05, 3.63) is 66.9 Å². The second-order valence-corrected chi connectivity index (χ2v) is 10.0. The van der Waals surface area contributed by atoms with Gasteiger partial charge < -0.3 is 25.2 Å². The molecule has 1 saturated heterocycles. The average molecular weight is 571 g/mol. The van der Waals surface area contributed by atoms with Crippen molar-refractivity contribution in [1.82, 2.24) is 24.8 Å². The number of nitrogens with one attached hydrogen (secondary N) is 3. The third-order valence-corrected chi connectivity index (χ3v) is 7.42. The summed E-state index contributed by atoms with van der Waals surface area (Å²) in [6.07, 6.45) is 4.28. The molecule has 2 unspecified atom stereocenters. The number of likely N-dealkylation sites (N-methyl/N-ethyl adjacent to an activating group) is 1. The Labute approximate surface area is 242 Å². The summed E-state index contributed by atoms with van der Waals surface area (Å²) in [5, 5.41) is 9.52. The monoisotopic (exact) mass is 570 g/mol. The summed E-state index contributed by atoms with van der Waals surface area (Å²) < 4.78 is 21.5. The molecule has 1 aliphatic heterocycles. The van der Waals surface area contributed by atoms with Gasteiger partial charge in [0.25, 0.3) is 0 Å². The van der Waals surface area contributed by atoms with Gasteiger partial charge in [-0.1, -0.05) is 13.5 Å². The summed E-state index contributed by atoms with van der Waals surface area (Å²) in [6, 6.07) is 8.25. The Kier molecular flexibility index (Phi) is 7.91. The second kappa shape index (κ2) is 11.7. The van der Waals surface area contributed by atoms with Crippen molar-refractivity contribution in [2.75, 3.05) is 42.7 Å². The number of carbonyl (C=O) groups is 1. The molecule has 0 bridgehead atoms. The Hall–Kier alpha value is -5.20. The Balaban J connectivity index is 1.40. The first-order valence-electron chi connectivity index (χ1n) is 13.3. The summed E-state index contributed by atoms with van der Waals surface area (Å²) in [5.74, 6) is 1.07. The lowest BCUT2D eigenvalue weighted by atomic mass is 10.1. The van der Waals surface area contributed by atoms with Crippen LogP contribution in [0, 0.1) is 24.2 Å². The highest BCUT2D eigenvalue weighted by atomic mass is 19.1. The Morgan fingerprint density at radius 3 is 2.76 bits per heavy atom. The molecular formula is C29H31FN10O2. The molecule has 0 saturated carbocycles. The van der Waals surface area contributed by atoms with Crippen molar-refractivity contribution in [3.8, 4) is 11.5 Å².